The second-order valence-corrected chi connectivity index (χ2v) is 7.75. The molecular formula is C22H23FN4O4. The van der Waals surface area contributed by atoms with E-state index in [9.17, 15) is 18.8 Å². The molecule has 1 atom stereocenters. The van der Waals surface area contributed by atoms with Gasteiger partial charge in [0.15, 0.2) is 0 Å². The molecule has 0 aliphatic carbocycles. The van der Waals surface area contributed by atoms with E-state index in [1.54, 1.807) is 23.2 Å². The van der Waals surface area contributed by atoms with Crippen LogP contribution in [0.3, 0.4) is 0 Å². The van der Waals surface area contributed by atoms with Crippen molar-refractivity contribution in [3.05, 3.63) is 86.1 Å². The number of benzene rings is 1. The van der Waals surface area contributed by atoms with E-state index in [1.807, 2.05) is 0 Å². The van der Waals surface area contributed by atoms with Gasteiger partial charge in [0.1, 0.15) is 23.3 Å². The van der Waals surface area contributed by atoms with Crippen molar-refractivity contribution in [1.82, 2.24) is 19.0 Å². The van der Waals surface area contributed by atoms with E-state index < -0.39 is 17.2 Å². The Morgan fingerprint density at radius 3 is 2.65 bits per heavy atom. The van der Waals surface area contributed by atoms with E-state index >= 15 is 0 Å². The Bertz CT molecular complexity index is 1230. The van der Waals surface area contributed by atoms with Gasteiger partial charge in [-0.1, -0.05) is 12.1 Å². The second-order valence-electron chi connectivity index (χ2n) is 7.75. The van der Waals surface area contributed by atoms with Gasteiger partial charge < -0.3 is 9.32 Å². The lowest BCUT2D eigenvalue weighted by Gasteiger charge is -2.34. The molecule has 0 saturated carbocycles. The molecule has 1 amide bonds. The predicted octanol–water partition coefficient (Wildman–Crippen LogP) is 2.17. The van der Waals surface area contributed by atoms with Gasteiger partial charge >= 0.3 is 5.69 Å². The quantitative estimate of drug-likeness (QED) is 0.638. The van der Waals surface area contributed by atoms with Gasteiger partial charge in [0, 0.05) is 33.1 Å². The third-order valence-corrected chi connectivity index (χ3v) is 5.66. The zero-order chi connectivity index (χ0) is 22.1. The third kappa shape index (κ3) is 4.08. The molecule has 2 aromatic heterocycles. The maximum atomic E-state index is 13.3. The summed E-state index contributed by atoms with van der Waals surface area (Å²) in [6, 6.07) is 6.95. The Kier molecular flexibility index (Phi) is 5.58. The highest BCUT2D eigenvalue weighted by atomic mass is 19.1. The van der Waals surface area contributed by atoms with E-state index in [1.165, 1.54) is 36.9 Å². The molecule has 1 fully saturated rings. The maximum absolute atomic E-state index is 13.3. The summed E-state index contributed by atoms with van der Waals surface area (Å²) in [6.45, 7) is 0.475. The van der Waals surface area contributed by atoms with Crippen molar-refractivity contribution in [2.75, 3.05) is 6.54 Å². The predicted molar refractivity (Wildman–Crippen MR) is 110 cm³/mol. The number of carbonyl (C=O) groups is 1. The second kappa shape index (κ2) is 8.33. The van der Waals surface area contributed by atoms with Crippen molar-refractivity contribution in [3.8, 4) is 0 Å². The standard InChI is InChI=1S/C22H23FN4O4/c1-25-18(12-19(28)26(2)22(25)30)21(29)27-10-4-3-5-17(27)20-24-13-16(31-20)11-14-6-8-15(23)9-7-14/h6-9,12-13,17H,3-5,10-11H2,1-2H3/t17-/m1/s1. The molecule has 1 aliphatic heterocycles. The number of nitrogens with zero attached hydrogens (tertiary/aromatic N) is 4. The minimum Gasteiger partial charge on any atom is -0.443 e. The highest BCUT2D eigenvalue weighted by molar-refractivity contribution is 5.92. The zero-order valence-electron chi connectivity index (χ0n) is 17.4. The van der Waals surface area contributed by atoms with Crippen LogP contribution in [-0.4, -0.2) is 31.5 Å². The van der Waals surface area contributed by atoms with Crippen LogP contribution in [0.1, 0.15) is 53.0 Å². The molecule has 162 valence electrons. The van der Waals surface area contributed by atoms with Gasteiger partial charge in [-0.2, -0.15) is 0 Å². The van der Waals surface area contributed by atoms with Crippen LogP contribution in [-0.2, 0) is 20.5 Å². The lowest BCUT2D eigenvalue weighted by molar-refractivity contribution is 0.0557. The van der Waals surface area contributed by atoms with E-state index in [4.69, 9.17) is 4.42 Å². The van der Waals surface area contributed by atoms with Crippen molar-refractivity contribution in [3.63, 3.8) is 0 Å². The minimum absolute atomic E-state index is 0.0399. The van der Waals surface area contributed by atoms with Crippen LogP contribution in [0.5, 0.6) is 0 Å². The van der Waals surface area contributed by atoms with Crippen LogP contribution in [0, 0.1) is 5.82 Å². The Labute approximate surface area is 177 Å². The maximum Gasteiger partial charge on any atom is 0.331 e. The molecule has 8 nitrogen and oxygen atoms in total. The highest BCUT2D eigenvalue weighted by Crippen LogP contribution is 2.32. The normalized spacial score (nSPS) is 16.5. The Morgan fingerprint density at radius 1 is 1.16 bits per heavy atom. The summed E-state index contributed by atoms with van der Waals surface area (Å²) < 4.78 is 21.2. The number of halogens is 1. The zero-order valence-corrected chi connectivity index (χ0v) is 17.4. The molecular weight excluding hydrogens is 403 g/mol. The van der Waals surface area contributed by atoms with Crippen LogP contribution >= 0.6 is 0 Å². The smallest absolute Gasteiger partial charge is 0.331 e. The summed E-state index contributed by atoms with van der Waals surface area (Å²) in [7, 11) is 2.85. The molecule has 1 saturated heterocycles. The molecule has 0 unspecified atom stereocenters. The molecule has 31 heavy (non-hydrogen) atoms. The summed E-state index contributed by atoms with van der Waals surface area (Å²) in [5.41, 5.74) is -0.159. The molecule has 0 bridgehead atoms. The number of piperidine rings is 1. The van der Waals surface area contributed by atoms with Gasteiger partial charge in [0.25, 0.3) is 11.5 Å². The largest absolute Gasteiger partial charge is 0.443 e. The lowest BCUT2D eigenvalue weighted by Crippen LogP contribution is -2.44. The van der Waals surface area contributed by atoms with Crippen molar-refractivity contribution in [1.29, 1.82) is 0 Å². The molecule has 1 aliphatic rings. The highest BCUT2D eigenvalue weighted by Gasteiger charge is 2.33. The van der Waals surface area contributed by atoms with Crippen molar-refractivity contribution in [2.24, 2.45) is 14.1 Å². The first-order chi connectivity index (χ1) is 14.8. The van der Waals surface area contributed by atoms with Crippen LogP contribution in [0.4, 0.5) is 4.39 Å². The summed E-state index contributed by atoms with van der Waals surface area (Å²) in [4.78, 5) is 43.6. The Balaban J connectivity index is 1.61. The first-order valence-corrected chi connectivity index (χ1v) is 10.1. The van der Waals surface area contributed by atoms with Gasteiger partial charge in [-0.15, -0.1) is 0 Å². The Morgan fingerprint density at radius 2 is 1.90 bits per heavy atom. The molecule has 9 heteroatoms. The van der Waals surface area contributed by atoms with E-state index in [2.05, 4.69) is 4.98 Å². The number of hydrogen-bond donors (Lipinski definition) is 0. The number of hydrogen-bond acceptors (Lipinski definition) is 5. The van der Waals surface area contributed by atoms with Crippen LogP contribution < -0.4 is 11.2 Å². The fourth-order valence-corrected chi connectivity index (χ4v) is 3.88. The van der Waals surface area contributed by atoms with Gasteiger partial charge in [-0.05, 0) is 37.0 Å². The summed E-state index contributed by atoms with van der Waals surface area (Å²) in [6.07, 6.45) is 4.45. The molecule has 0 spiro atoms. The first kappa shape index (κ1) is 20.8. The number of amides is 1. The fraction of sp³-hybridized carbons (Fsp3) is 0.364. The van der Waals surface area contributed by atoms with Crippen molar-refractivity contribution >= 4 is 5.91 Å². The SMILES string of the molecule is Cn1c(C(=O)N2CCCC[C@@H]2c2ncc(Cc3ccc(F)cc3)o2)cc(=O)n(C)c1=O. The van der Waals surface area contributed by atoms with Gasteiger partial charge in [0.05, 0.1) is 6.20 Å². The third-order valence-electron chi connectivity index (χ3n) is 5.66. The first-order valence-electron chi connectivity index (χ1n) is 10.1. The molecule has 0 radical (unpaired) electrons. The van der Waals surface area contributed by atoms with Gasteiger partial charge in [-0.25, -0.2) is 14.2 Å². The summed E-state index contributed by atoms with van der Waals surface area (Å²) in [5, 5.41) is 0. The lowest BCUT2D eigenvalue weighted by atomic mass is 10.0. The van der Waals surface area contributed by atoms with Crippen LogP contribution in [0.15, 0.2) is 50.5 Å². The van der Waals surface area contributed by atoms with E-state index in [0.29, 0.717) is 31.0 Å². The molecule has 0 N–H and O–H groups in total. The average Bonchev–Trinajstić information content (AvgIpc) is 3.24. The molecule has 1 aromatic carbocycles. The van der Waals surface area contributed by atoms with Gasteiger partial charge in [-0.3, -0.25) is 18.7 Å². The minimum atomic E-state index is -0.554. The number of oxazole rings is 1. The number of likely N-dealkylation sites (tertiary alicyclic amines) is 1. The average molecular weight is 426 g/mol. The molecule has 3 heterocycles. The summed E-state index contributed by atoms with van der Waals surface area (Å²) in [5.74, 6) is 0.323. The van der Waals surface area contributed by atoms with Crippen molar-refractivity contribution in [2.45, 2.75) is 31.7 Å². The van der Waals surface area contributed by atoms with Gasteiger partial charge in [0.2, 0.25) is 5.89 Å². The fourth-order valence-electron chi connectivity index (χ4n) is 3.88. The molecule has 3 aromatic rings. The monoisotopic (exact) mass is 426 g/mol. The number of rotatable bonds is 4. The Hall–Kier alpha value is -3.49. The topological polar surface area (TPSA) is 90.3 Å². The van der Waals surface area contributed by atoms with Crippen molar-refractivity contribution < 1.29 is 13.6 Å². The summed E-state index contributed by atoms with van der Waals surface area (Å²) >= 11 is 0. The van der Waals surface area contributed by atoms with Crippen LogP contribution in [0.2, 0.25) is 0 Å². The number of carbonyl (C=O) groups excluding carboxylic acids is 1. The van der Waals surface area contributed by atoms with E-state index in [0.717, 1.165) is 23.0 Å². The number of aromatic nitrogens is 3. The van der Waals surface area contributed by atoms with Crippen LogP contribution in [0.25, 0.3) is 0 Å². The van der Waals surface area contributed by atoms with E-state index in [-0.39, 0.29) is 17.6 Å². The molecule has 4 rings (SSSR count).